The summed E-state index contributed by atoms with van der Waals surface area (Å²) in [4.78, 5) is 23.5. The summed E-state index contributed by atoms with van der Waals surface area (Å²) in [5, 5.41) is 5.93. The van der Waals surface area contributed by atoms with Crippen LogP contribution in [0.5, 0.6) is 11.5 Å². The van der Waals surface area contributed by atoms with Crippen molar-refractivity contribution in [1.82, 2.24) is 0 Å². The van der Waals surface area contributed by atoms with E-state index in [1.165, 1.54) is 0 Å². The van der Waals surface area contributed by atoms with Gasteiger partial charge in [-0.25, -0.2) is 0 Å². The van der Waals surface area contributed by atoms with Crippen LogP contribution in [0.3, 0.4) is 0 Å². The maximum Gasteiger partial charge on any atom is 0.253 e. The minimum atomic E-state index is -0.529. The van der Waals surface area contributed by atoms with E-state index < -0.39 is 10.9 Å². The molecule has 1 unspecified atom stereocenters. The van der Waals surface area contributed by atoms with E-state index >= 15 is 0 Å². The summed E-state index contributed by atoms with van der Waals surface area (Å²) in [6.45, 7) is 1.06. The molecule has 25 heavy (non-hydrogen) atoms. The second-order valence-corrected chi connectivity index (χ2v) is 5.72. The number of anilines is 2. The quantitative estimate of drug-likeness (QED) is 0.661. The standard InChI is InChI=1S/C18H16N2O5/c21-17-15(19-8-11-4-3-7-23-11)16(18(17)22)20-9-12-10-24-13-5-1-2-6-14(13)25-12/h1-7,12,19-20H,8-10H2. The molecule has 0 fully saturated rings. The van der Waals surface area contributed by atoms with Crippen LogP contribution in [0.25, 0.3) is 0 Å². The molecule has 0 radical (unpaired) electrons. The van der Waals surface area contributed by atoms with Crippen molar-refractivity contribution in [3.05, 3.63) is 68.9 Å². The highest BCUT2D eigenvalue weighted by molar-refractivity contribution is 5.73. The number of fused-ring (bicyclic) bond motifs is 1. The smallest absolute Gasteiger partial charge is 0.253 e. The first-order chi connectivity index (χ1) is 12.2. The lowest BCUT2D eigenvalue weighted by atomic mass is 10.1. The Bertz CT molecular complexity index is 941. The summed E-state index contributed by atoms with van der Waals surface area (Å²) >= 11 is 0. The molecule has 0 spiro atoms. The highest BCUT2D eigenvalue weighted by atomic mass is 16.6. The number of hydrogen-bond donors (Lipinski definition) is 2. The van der Waals surface area contributed by atoms with Crippen molar-refractivity contribution in [2.75, 3.05) is 23.8 Å². The second-order valence-electron chi connectivity index (χ2n) is 5.72. The zero-order chi connectivity index (χ0) is 17.2. The van der Waals surface area contributed by atoms with Crippen LogP contribution in [-0.2, 0) is 6.54 Å². The van der Waals surface area contributed by atoms with Gasteiger partial charge in [0, 0.05) is 0 Å². The first kappa shape index (κ1) is 15.3. The van der Waals surface area contributed by atoms with E-state index in [-0.39, 0.29) is 17.5 Å². The van der Waals surface area contributed by atoms with Crippen LogP contribution in [0.1, 0.15) is 5.76 Å². The van der Waals surface area contributed by atoms with Gasteiger partial charge in [-0.1, -0.05) is 12.1 Å². The van der Waals surface area contributed by atoms with Crippen LogP contribution < -0.4 is 31.0 Å². The molecule has 7 nitrogen and oxygen atoms in total. The molecule has 0 saturated heterocycles. The van der Waals surface area contributed by atoms with Crippen LogP contribution in [0.15, 0.2) is 56.7 Å². The van der Waals surface area contributed by atoms with Crippen LogP contribution in [-0.4, -0.2) is 19.3 Å². The Morgan fingerprint density at radius 1 is 0.960 bits per heavy atom. The molecule has 2 N–H and O–H groups in total. The molecule has 0 aliphatic carbocycles. The van der Waals surface area contributed by atoms with Crippen molar-refractivity contribution < 1.29 is 13.9 Å². The third-order valence-corrected chi connectivity index (χ3v) is 4.00. The fourth-order valence-electron chi connectivity index (χ4n) is 2.70. The van der Waals surface area contributed by atoms with Crippen molar-refractivity contribution in [2.45, 2.75) is 12.6 Å². The van der Waals surface area contributed by atoms with E-state index in [2.05, 4.69) is 10.6 Å². The number of benzene rings is 1. The van der Waals surface area contributed by atoms with E-state index in [1.807, 2.05) is 24.3 Å². The fourth-order valence-corrected chi connectivity index (χ4v) is 2.70. The molecule has 0 saturated carbocycles. The highest BCUT2D eigenvalue weighted by Crippen LogP contribution is 2.31. The Morgan fingerprint density at radius 3 is 2.48 bits per heavy atom. The molecule has 128 valence electrons. The molecule has 0 bridgehead atoms. The largest absolute Gasteiger partial charge is 0.486 e. The van der Waals surface area contributed by atoms with E-state index in [0.29, 0.717) is 37.0 Å². The lowest BCUT2D eigenvalue weighted by Crippen LogP contribution is -2.41. The predicted molar refractivity (Wildman–Crippen MR) is 92.2 cm³/mol. The van der Waals surface area contributed by atoms with Gasteiger partial charge in [-0.05, 0) is 24.3 Å². The normalized spacial score (nSPS) is 15.9. The van der Waals surface area contributed by atoms with E-state index in [9.17, 15) is 9.59 Å². The summed E-state index contributed by atoms with van der Waals surface area (Å²) in [7, 11) is 0. The minimum Gasteiger partial charge on any atom is -0.486 e. The molecule has 0 amide bonds. The van der Waals surface area contributed by atoms with Gasteiger partial charge < -0.3 is 24.5 Å². The van der Waals surface area contributed by atoms with Crippen LogP contribution in [0, 0.1) is 0 Å². The summed E-state index contributed by atoms with van der Waals surface area (Å²) in [6.07, 6.45) is 1.30. The molecule has 3 aromatic rings. The lowest BCUT2D eigenvalue weighted by molar-refractivity contribution is 0.0997. The van der Waals surface area contributed by atoms with Gasteiger partial charge in [-0.15, -0.1) is 0 Å². The molecule has 1 aromatic heterocycles. The van der Waals surface area contributed by atoms with Crippen molar-refractivity contribution in [2.24, 2.45) is 0 Å². The molecular formula is C18H16N2O5. The summed E-state index contributed by atoms with van der Waals surface area (Å²) in [5.74, 6) is 2.05. The van der Waals surface area contributed by atoms with E-state index in [4.69, 9.17) is 13.9 Å². The Kier molecular flexibility index (Phi) is 3.89. The molecule has 1 aliphatic rings. The Balaban J connectivity index is 1.38. The fraction of sp³-hybridized carbons (Fsp3) is 0.222. The average molecular weight is 340 g/mol. The predicted octanol–water partition coefficient (Wildman–Crippen LogP) is 1.74. The Morgan fingerprint density at radius 2 is 1.72 bits per heavy atom. The van der Waals surface area contributed by atoms with Gasteiger partial charge in [0.15, 0.2) is 11.5 Å². The molecule has 7 heteroatoms. The number of para-hydroxylation sites is 2. The van der Waals surface area contributed by atoms with E-state index in [1.54, 1.807) is 18.4 Å². The zero-order valence-corrected chi connectivity index (χ0v) is 13.3. The molecule has 2 aromatic carbocycles. The first-order valence-corrected chi connectivity index (χ1v) is 7.94. The van der Waals surface area contributed by atoms with Crippen molar-refractivity contribution in [1.29, 1.82) is 0 Å². The Labute approximate surface area is 142 Å². The molecule has 1 atom stereocenters. The Hall–Kier alpha value is -3.22. The number of hydrogen-bond acceptors (Lipinski definition) is 7. The maximum absolute atomic E-state index is 11.8. The summed E-state index contributed by atoms with van der Waals surface area (Å²) in [6, 6.07) is 11.0. The van der Waals surface area contributed by atoms with Gasteiger partial charge >= 0.3 is 0 Å². The number of ether oxygens (including phenoxy) is 2. The lowest BCUT2D eigenvalue weighted by Gasteiger charge is -2.27. The monoisotopic (exact) mass is 340 g/mol. The van der Waals surface area contributed by atoms with Crippen molar-refractivity contribution >= 4 is 11.4 Å². The van der Waals surface area contributed by atoms with Gasteiger partial charge in [-0.2, -0.15) is 0 Å². The summed E-state index contributed by atoms with van der Waals surface area (Å²) in [5.41, 5.74) is -0.503. The SMILES string of the molecule is O=c1c(NCc2ccco2)c(NCC2COc3ccccc3O2)c1=O. The van der Waals surface area contributed by atoms with Gasteiger partial charge in [0.25, 0.3) is 10.9 Å². The van der Waals surface area contributed by atoms with E-state index in [0.717, 1.165) is 0 Å². The van der Waals surface area contributed by atoms with Crippen LogP contribution >= 0.6 is 0 Å². The average Bonchev–Trinajstić information content (AvgIpc) is 3.17. The van der Waals surface area contributed by atoms with Gasteiger partial charge in [0.1, 0.15) is 29.8 Å². The van der Waals surface area contributed by atoms with Gasteiger partial charge in [0.2, 0.25) is 0 Å². The summed E-state index contributed by atoms with van der Waals surface area (Å²) < 4.78 is 16.7. The molecular weight excluding hydrogens is 324 g/mol. The second kappa shape index (κ2) is 6.35. The van der Waals surface area contributed by atoms with Crippen LogP contribution in [0.4, 0.5) is 11.4 Å². The van der Waals surface area contributed by atoms with Crippen molar-refractivity contribution in [3.63, 3.8) is 0 Å². The maximum atomic E-state index is 11.8. The van der Waals surface area contributed by atoms with Gasteiger partial charge in [0.05, 0.1) is 19.4 Å². The third-order valence-electron chi connectivity index (χ3n) is 4.00. The van der Waals surface area contributed by atoms with Crippen LogP contribution in [0.2, 0.25) is 0 Å². The van der Waals surface area contributed by atoms with Crippen molar-refractivity contribution in [3.8, 4) is 11.5 Å². The van der Waals surface area contributed by atoms with Gasteiger partial charge in [-0.3, -0.25) is 9.59 Å². The molecule has 4 rings (SSSR count). The highest BCUT2D eigenvalue weighted by Gasteiger charge is 2.24. The number of nitrogens with one attached hydrogen (secondary N) is 2. The molecule has 2 heterocycles. The topological polar surface area (TPSA) is 89.8 Å². The number of furan rings is 1. The minimum absolute atomic E-state index is 0.253. The first-order valence-electron chi connectivity index (χ1n) is 7.94. The zero-order valence-electron chi connectivity index (χ0n) is 13.3. The molecule has 1 aliphatic heterocycles. The number of rotatable bonds is 6. The third kappa shape index (κ3) is 2.96.